The van der Waals surface area contributed by atoms with Gasteiger partial charge in [-0.05, 0) is 56.3 Å². The van der Waals surface area contributed by atoms with Gasteiger partial charge in [-0.25, -0.2) is 15.0 Å². The highest BCUT2D eigenvalue weighted by molar-refractivity contribution is 7.15. The molecule has 0 unspecified atom stereocenters. The van der Waals surface area contributed by atoms with E-state index in [0.717, 1.165) is 77.2 Å². The average molecular weight is 565 g/mol. The standard InChI is InChI=1S/C29H33ClN6O2S/c1-5-6-26-34-27(19-15-21(37-3)18-22(16-19)38-4)28(39-26)24-9-10-31-29(33-24)32-20-7-8-25(23(30)17-20)36-13-11-35(2)12-14-36/h7-10,15-18H,5-6,11-14H2,1-4H3,(H,31,32,33). The minimum Gasteiger partial charge on any atom is -0.497 e. The Bertz CT molecular complexity index is 1420. The molecule has 1 fully saturated rings. The Labute approximate surface area is 238 Å². The number of ether oxygens (including phenoxy) is 2. The summed E-state index contributed by atoms with van der Waals surface area (Å²) in [5.74, 6) is 1.92. The fourth-order valence-electron chi connectivity index (χ4n) is 4.56. The predicted octanol–water partition coefficient (Wildman–Crippen LogP) is 6.39. The minimum absolute atomic E-state index is 0.496. The van der Waals surface area contributed by atoms with E-state index < -0.39 is 0 Å². The molecule has 4 aromatic rings. The van der Waals surface area contributed by atoms with Gasteiger partial charge in [0.1, 0.15) is 11.5 Å². The maximum Gasteiger partial charge on any atom is 0.227 e. The Morgan fingerprint density at radius 3 is 2.38 bits per heavy atom. The van der Waals surface area contributed by atoms with Gasteiger partial charge in [-0.2, -0.15) is 0 Å². The predicted molar refractivity (Wildman–Crippen MR) is 160 cm³/mol. The molecule has 0 atom stereocenters. The topological polar surface area (TPSA) is 75.6 Å². The lowest BCUT2D eigenvalue weighted by molar-refractivity contribution is 0.313. The van der Waals surface area contributed by atoms with Crippen molar-refractivity contribution in [3.05, 3.63) is 58.7 Å². The van der Waals surface area contributed by atoms with Crippen molar-refractivity contribution in [2.45, 2.75) is 19.8 Å². The van der Waals surface area contributed by atoms with Gasteiger partial charge in [0.15, 0.2) is 0 Å². The van der Waals surface area contributed by atoms with E-state index >= 15 is 0 Å². The molecule has 3 heterocycles. The van der Waals surface area contributed by atoms with Crippen LogP contribution in [0.2, 0.25) is 5.02 Å². The molecule has 8 nitrogen and oxygen atoms in total. The summed E-state index contributed by atoms with van der Waals surface area (Å²) in [4.78, 5) is 19.9. The number of thiazole rings is 1. The summed E-state index contributed by atoms with van der Waals surface area (Å²) in [5, 5.41) is 5.10. The second-order valence-corrected chi connectivity index (χ2v) is 11.0. The summed E-state index contributed by atoms with van der Waals surface area (Å²) in [6.45, 7) is 6.13. The average Bonchev–Trinajstić information content (AvgIpc) is 3.38. The van der Waals surface area contributed by atoms with Crippen LogP contribution in [0.15, 0.2) is 48.7 Å². The molecule has 10 heteroatoms. The molecule has 1 N–H and O–H groups in total. The van der Waals surface area contributed by atoms with Gasteiger partial charge in [-0.15, -0.1) is 11.3 Å². The van der Waals surface area contributed by atoms with Crippen LogP contribution in [-0.4, -0.2) is 67.3 Å². The fraction of sp³-hybridized carbons (Fsp3) is 0.345. The van der Waals surface area contributed by atoms with Crippen LogP contribution in [0, 0.1) is 0 Å². The third-order valence-electron chi connectivity index (χ3n) is 6.70. The highest BCUT2D eigenvalue weighted by Gasteiger charge is 2.19. The van der Waals surface area contributed by atoms with Gasteiger partial charge >= 0.3 is 0 Å². The van der Waals surface area contributed by atoms with E-state index in [4.69, 9.17) is 31.0 Å². The van der Waals surface area contributed by atoms with Gasteiger partial charge in [0.05, 0.1) is 46.2 Å². The van der Waals surface area contributed by atoms with Gasteiger partial charge in [-0.1, -0.05) is 18.5 Å². The van der Waals surface area contributed by atoms with Crippen LogP contribution in [0.25, 0.3) is 21.8 Å². The van der Waals surface area contributed by atoms with Crippen molar-refractivity contribution >= 4 is 40.3 Å². The first-order valence-corrected chi connectivity index (χ1v) is 14.2. The van der Waals surface area contributed by atoms with Crippen molar-refractivity contribution in [3.63, 3.8) is 0 Å². The molecule has 2 aromatic carbocycles. The highest BCUT2D eigenvalue weighted by Crippen LogP contribution is 2.39. The number of nitrogens with zero attached hydrogens (tertiary/aromatic N) is 5. The summed E-state index contributed by atoms with van der Waals surface area (Å²) in [7, 11) is 5.44. The third-order valence-corrected chi connectivity index (χ3v) is 8.14. The summed E-state index contributed by atoms with van der Waals surface area (Å²) in [5.41, 5.74) is 4.45. The lowest BCUT2D eigenvalue weighted by atomic mass is 10.1. The van der Waals surface area contributed by atoms with Crippen LogP contribution in [0.4, 0.5) is 17.3 Å². The van der Waals surface area contributed by atoms with Gasteiger partial charge in [0.25, 0.3) is 0 Å². The van der Waals surface area contributed by atoms with Crippen molar-refractivity contribution in [2.24, 2.45) is 0 Å². The van der Waals surface area contributed by atoms with E-state index in [0.29, 0.717) is 22.5 Å². The number of rotatable bonds is 9. The lowest BCUT2D eigenvalue weighted by Crippen LogP contribution is -2.44. The van der Waals surface area contributed by atoms with E-state index in [2.05, 4.69) is 40.1 Å². The number of hydrogen-bond acceptors (Lipinski definition) is 9. The fourth-order valence-corrected chi connectivity index (χ4v) is 6.02. The Hall–Kier alpha value is -3.40. The lowest BCUT2D eigenvalue weighted by Gasteiger charge is -2.34. The quantitative estimate of drug-likeness (QED) is 0.251. The molecular weight excluding hydrogens is 532 g/mol. The zero-order valence-electron chi connectivity index (χ0n) is 22.7. The highest BCUT2D eigenvalue weighted by atomic mass is 35.5. The zero-order chi connectivity index (χ0) is 27.4. The van der Waals surface area contributed by atoms with Crippen LogP contribution >= 0.6 is 22.9 Å². The molecule has 2 aromatic heterocycles. The van der Waals surface area contributed by atoms with Crippen molar-refractivity contribution in [2.75, 3.05) is 57.7 Å². The van der Waals surface area contributed by atoms with Crippen LogP contribution in [0.3, 0.4) is 0 Å². The Balaban J connectivity index is 1.44. The normalized spacial score (nSPS) is 13.9. The molecule has 1 aliphatic heterocycles. The minimum atomic E-state index is 0.496. The molecule has 1 aliphatic rings. The molecule has 0 radical (unpaired) electrons. The number of nitrogens with one attached hydrogen (secondary N) is 1. The van der Waals surface area contributed by atoms with E-state index in [1.54, 1.807) is 31.8 Å². The molecule has 0 spiro atoms. The number of aromatic nitrogens is 3. The number of piperazine rings is 1. The number of aryl methyl sites for hydroxylation is 1. The van der Waals surface area contributed by atoms with Crippen LogP contribution < -0.4 is 19.7 Å². The molecule has 5 rings (SSSR count). The van der Waals surface area contributed by atoms with E-state index in [9.17, 15) is 0 Å². The van der Waals surface area contributed by atoms with Gasteiger partial charge in [0.2, 0.25) is 5.95 Å². The zero-order valence-corrected chi connectivity index (χ0v) is 24.3. The smallest absolute Gasteiger partial charge is 0.227 e. The molecule has 0 amide bonds. The summed E-state index contributed by atoms with van der Waals surface area (Å²) < 4.78 is 11.0. The monoisotopic (exact) mass is 564 g/mol. The van der Waals surface area contributed by atoms with Crippen LogP contribution in [-0.2, 0) is 6.42 Å². The molecule has 0 saturated carbocycles. The van der Waals surface area contributed by atoms with E-state index in [1.807, 2.05) is 36.4 Å². The molecule has 0 bridgehead atoms. The Kier molecular flexibility index (Phi) is 8.50. The first kappa shape index (κ1) is 27.2. The number of likely N-dealkylation sites (N-methyl/N-ethyl adjacent to an activating group) is 1. The molecule has 39 heavy (non-hydrogen) atoms. The maximum atomic E-state index is 6.70. The van der Waals surface area contributed by atoms with Crippen molar-refractivity contribution in [1.29, 1.82) is 0 Å². The van der Waals surface area contributed by atoms with E-state index in [-0.39, 0.29) is 0 Å². The molecule has 204 valence electrons. The molecule has 0 aliphatic carbocycles. The van der Waals surface area contributed by atoms with Crippen molar-refractivity contribution < 1.29 is 9.47 Å². The third kappa shape index (κ3) is 6.27. The van der Waals surface area contributed by atoms with Crippen LogP contribution in [0.5, 0.6) is 11.5 Å². The number of halogens is 1. The maximum absolute atomic E-state index is 6.70. The first-order valence-electron chi connectivity index (χ1n) is 13.0. The molecular formula is C29H33ClN6O2S. The van der Waals surface area contributed by atoms with Crippen LogP contribution in [0.1, 0.15) is 18.4 Å². The number of benzene rings is 2. The number of hydrogen-bond donors (Lipinski definition) is 1. The van der Waals surface area contributed by atoms with Gasteiger partial charge in [0, 0.05) is 49.7 Å². The van der Waals surface area contributed by atoms with Gasteiger partial charge in [-0.3, -0.25) is 0 Å². The first-order chi connectivity index (χ1) is 19.0. The van der Waals surface area contributed by atoms with Crippen molar-refractivity contribution in [1.82, 2.24) is 19.9 Å². The summed E-state index contributed by atoms with van der Waals surface area (Å²) in [6.07, 6.45) is 3.67. The van der Waals surface area contributed by atoms with Gasteiger partial charge < -0.3 is 24.6 Å². The Morgan fingerprint density at radius 1 is 0.974 bits per heavy atom. The second-order valence-electron chi connectivity index (χ2n) is 9.48. The van der Waals surface area contributed by atoms with E-state index in [1.165, 1.54) is 0 Å². The largest absolute Gasteiger partial charge is 0.497 e. The molecule has 1 saturated heterocycles. The number of methoxy groups -OCH3 is 2. The van der Waals surface area contributed by atoms with Crippen molar-refractivity contribution in [3.8, 4) is 33.3 Å². The number of anilines is 3. The Morgan fingerprint density at radius 2 is 1.72 bits per heavy atom. The summed E-state index contributed by atoms with van der Waals surface area (Å²) in [6, 6.07) is 13.7. The second kappa shape index (κ2) is 12.2. The summed E-state index contributed by atoms with van der Waals surface area (Å²) >= 11 is 8.35. The SMILES string of the molecule is CCCc1nc(-c2cc(OC)cc(OC)c2)c(-c2ccnc(Nc3ccc(N4CCN(C)CC4)c(Cl)c3)n2)s1.